The van der Waals surface area contributed by atoms with Crippen LogP contribution in [0.1, 0.15) is 33.8 Å². The smallest absolute Gasteiger partial charge is 0.227 e. The van der Waals surface area contributed by atoms with Crippen molar-refractivity contribution >= 4 is 16.8 Å². The molecule has 0 aliphatic rings. The highest BCUT2D eigenvalue weighted by Crippen LogP contribution is 2.24. The Morgan fingerprint density at radius 2 is 1.58 bits per heavy atom. The molecule has 31 heavy (non-hydrogen) atoms. The van der Waals surface area contributed by atoms with Crippen molar-refractivity contribution in [3.05, 3.63) is 88.4 Å². The van der Waals surface area contributed by atoms with E-state index in [9.17, 15) is 4.79 Å². The predicted octanol–water partition coefficient (Wildman–Crippen LogP) is 4.86. The minimum absolute atomic E-state index is 0.0783. The van der Waals surface area contributed by atoms with Gasteiger partial charge in [0.2, 0.25) is 5.91 Å². The van der Waals surface area contributed by atoms with Crippen LogP contribution in [0, 0.1) is 27.7 Å². The van der Waals surface area contributed by atoms with E-state index >= 15 is 0 Å². The van der Waals surface area contributed by atoms with Gasteiger partial charge in [-0.2, -0.15) is 5.10 Å². The van der Waals surface area contributed by atoms with E-state index in [1.807, 2.05) is 74.1 Å². The molecule has 5 nitrogen and oxygen atoms in total. The molecule has 2 heterocycles. The number of para-hydroxylation sites is 2. The lowest BCUT2D eigenvalue weighted by atomic mass is 9.99. The first-order chi connectivity index (χ1) is 14.9. The van der Waals surface area contributed by atoms with E-state index in [0.717, 1.165) is 50.4 Å². The van der Waals surface area contributed by atoms with Crippen LogP contribution in [0.25, 0.3) is 16.6 Å². The second-order valence-corrected chi connectivity index (χ2v) is 8.14. The fraction of sp³-hybridized carbons (Fsp3) is 0.269. The highest BCUT2D eigenvalue weighted by atomic mass is 16.2. The largest absolute Gasteiger partial charge is 0.341 e. The average Bonchev–Trinajstić information content (AvgIpc) is 3.05. The van der Waals surface area contributed by atoms with Gasteiger partial charge in [-0.25, -0.2) is 4.68 Å². The normalized spacial score (nSPS) is 11.1. The Morgan fingerprint density at radius 3 is 2.32 bits per heavy atom. The van der Waals surface area contributed by atoms with Gasteiger partial charge in [0.25, 0.3) is 0 Å². The number of rotatable bonds is 5. The Labute approximate surface area is 183 Å². The van der Waals surface area contributed by atoms with Gasteiger partial charge < -0.3 is 4.90 Å². The van der Waals surface area contributed by atoms with Gasteiger partial charge in [0, 0.05) is 35.9 Å². The number of benzene rings is 2. The van der Waals surface area contributed by atoms with Crippen molar-refractivity contribution in [2.24, 2.45) is 0 Å². The summed E-state index contributed by atoms with van der Waals surface area (Å²) in [6.07, 6.45) is 0.344. The third-order valence-corrected chi connectivity index (χ3v) is 6.08. The minimum atomic E-state index is 0.0783. The highest BCUT2D eigenvalue weighted by molar-refractivity contribution is 5.86. The zero-order valence-electron chi connectivity index (χ0n) is 18.8. The molecule has 4 aromatic rings. The number of aromatic nitrogens is 3. The lowest BCUT2D eigenvalue weighted by molar-refractivity contribution is -0.129. The number of pyridine rings is 1. The van der Waals surface area contributed by atoms with Crippen LogP contribution in [0.3, 0.4) is 0 Å². The van der Waals surface area contributed by atoms with Gasteiger partial charge in [-0.1, -0.05) is 36.4 Å². The summed E-state index contributed by atoms with van der Waals surface area (Å²) in [4.78, 5) is 19.6. The summed E-state index contributed by atoms with van der Waals surface area (Å²) in [7, 11) is 1.86. The van der Waals surface area contributed by atoms with Crippen molar-refractivity contribution in [2.45, 2.75) is 40.7 Å². The summed E-state index contributed by atoms with van der Waals surface area (Å²) in [6.45, 7) is 8.66. The van der Waals surface area contributed by atoms with E-state index in [4.69, 9.17) is 10.1 Å². The number of hydrogen-bond acceptors (Lipinski definition) is 3. The number of aryl methyl sites for hydroxylation is 3. The second-order valence-electron chi connectivity index (χ2n) is 8.14. The molecule has 0 saturated carbocycles. The Hall–Kier alpha value is -3.47. The van der Waals surface area contributed by atoms with Gasteiger partial charge >= 0.3 is 0 Å². The molecule has 158 valence electrons. The Morgan fingerprint density at radius 1 is 0.903 bits per heavy atom. The summed E-state index contributed by atoms with van der Waals surface area (Å²) in [5.74, 6) is 0.0783. The molecule has 1 amide bonds. The number of amides is 1. The molecule has 0 unspecified atom stereocenters. The molecular formula is C26H28N4O. The average molecular weight is 413 g/mol. The molecule has 5 heteroatoms. The molecule has 0 N–H and O–H groups in total. The van der Waals surface area contributed by atoms with E-state index in [1.165, 1.54) is 0 Å². The molecule has 0 aliphatic carbocycles. The molecule has 0 fully saturated rings. The predicted molar refractivity (Wildman–Crippen MR) is 124 cm³/mol. The lowest BCUT2D eigenvalue weighted by Crippen LogP contribution is -2.28. The topological polar surface area (TPSA) is 51.0 Å². The molecule has 0 radical (unpaired) electrons. The quantitative estimate of drug-likeness (QED) is 0.471. The van der Waals surface area contributed by atoms with Gasteiger partial charge in [-0.3, -0.25) is 9.78 Å². The Balaban J connectivity index is 1.57. The molecule has 2 aromatic carbocycles. The molecule has 0 spiro atoms. The summed E-state index contributed by atoms with van der Waals surface area (Å²) >= 11 is 0. The number of hydrogen-bond donors (Lipinski definition) is 0. The zero-order chi connectivity index (χ0) is 22.1. The molecule has 4 rings (SSSR count). The molecular weight excluding hydrogens is 384 g/mol. The van der Waals surface area contributed by atoms with Crippen LogP contribution in [0.4, 0.5) is 0 Å². The van der Waals surface area contributed by atoms with Crippen LogP contribution in [-0.2, 0) is 17.8 Å². The number of carbonyl (C=O) groups excluding carboxylic acids is 1. The van der Waals surface area contributed by atoms with Crippen molar-refractivity contribution in [2.75, 3.05) is 7.05 Å². The zero-order valence-corrected chi connectivity index (χ0v) is 18.8. The first-order valence-corrected chi connectivity index (χ1v) is 10.6. The SMILES string of the molecule is Cc1nc2ccccc2c(C)c1CC(=O)N(C)Cc1c(C)nn(-c2ccccc2)c1C. The van der Waals surface area contributed by atoms with Crippen LogP contribution in [0.15, 0.2) is 54.6 Å². The maximum absolute atomic E-state index is 13.1. The van der Waals surface area contributed by atoms with Crippen molar-refractivity contribution < 1.29 is 4.79 Å². The van der Waals surface area contributed by atoms with Crippen molar-refractivity contribution in [1.82, 2.24) is 19.7 Å². The fourth-order valence-corrected chi connectivity index (χ4v) is 4.17. The highest BCUT2D eigenvalue weighted by Gasteiger charge is 2.19. The van der Waals surface area contributed by atoms with Crippen molar-refractivity contribution in [3.63, 3.8) is 0 Å². The fourth-order valence-electron chi connectivity index (χ4n) is 4.17. The summed E-state index contributed by atoms with van der Waals surface area (Å²) in [5.41, 5.74) is 8.16. The van der Waals surface area contributed by atoms with E-state index < -0.39 is 0 Å². The Bertz CT molecular complexity index is 1260. The van der Waals surface area contributed by atoms with Crippen LogP contribution in [0.5, 0.6) is 0 Å². The third-order valence-electron chi connectivity index (χ3n) is 6.08. The van der Waals surface area contributed by atoms with E-state index in [0.29, 0.717) is 13.0 Å². The monoisotopic (exact) mass is 412 g/mol. The maximum Gasteiger partial charge on any atom is 0.227 e. The number of carbonyl (C=O) groups is 1. The van der Waals surface area contributed by atoms with Crippen molar-refractivity contribution in [3.8, 4) is 5.69 Å². The maximum atomic E-state index is 13.1. The molecule has 0 atom stereocenters. The molecule has 0 aliphatic heterocycles. The number of nitrogens with zero attached hydrogens (tertiary/aromatic N) is 4. The summed E-state index contributed by atoms with van der Waals surface area (Å²) < 4.78 is 1.95. The van der Waals surface area contributed by atoms with Gasteiger partial charge in [0.1, 0.15) is 0 Å². The van der Waals surface area contributed by atoms with E-state index in [-0.39, 0.29) is 5.91 Å². The summed E-state index contributed by atoms with van der Waals surface area (Å²) in [6, 6.07) is 18.2. The summed E-state index contributed by atoms with van der Waals surface area (Å²) in [5, 5.41) is 5.81. The van der Waals surface area contributed by atoms with Crippen LogP contribution < -0.4 is 0 Å². The minimum Gasteiger partial charge on any atom is -0.341 e. The van der Waals surface area contributed by atoms with E-state index in [1.54, 1.807) is 4.90 Å². The van der Waals surface area contributed by atoms with Crippen LogP contribution >= 0.6 is 0 Å². The lowest BCUT2D eigenvalue weighted by Gasteiger charge is -2.19. The molecule has 0 bridgehead atoms. The second kappa shape index (κ2) is 8.34. The number of fused-ring (bicyclic) bond motifs is 1. The van der Waals surface area contributed by atoms with Gasteiger partial charge in [0.15, 0.2) is 0 Å². The first kappa shape index (κ1) is 20.8. The Kier molecular flexibility index (Phi) is 5.59. The third kappa shape index (κ3) is 3.96. The van der Waals surface area contributed by atoms with Crippen LogP contribution in [-0.4, -0.2) is 32.6 Å². The van der Waals surface area contributed by atoms with Crippen molar-refractivity contribution in [1.29, 1.82) is 0 Å². The van der Waals surface area contributed by atoms with Gasteiger partial charge in [-0.15, -0.1) is 0 Å². The first-order valence-electron chi connectivity index (χ1n) is 10.6. The van der Waals surface area contributed by atoms with E-state index in [2.05, 4.69) is 19.9 Å². The standard InChI is InChI=1S/C26H28N4O/c1-17-22-13-9-10-14-25(22)27-18(2)23(17)15-26(31)29(5)16-24-19(3)28-30(20(24)4)21-11-7-6-8-12-21/h6-14H,15-16H2,1-5H3. The van der Waals surface area contributed by atoms with Gasteiger partial charge in [-0.05, 0) is 57.0 Å². The number of likely N-dealkylation sites (N-methyl/N-ethyl adjacent to an activating group) is 1. The molecule has 0 saturated heterocycles. The molecule has 2 aromatic heterocycles. The van der Waals surface area contributed by atoms with Crippen LogP contribution in [0.2, 0.25) is 0 Å². The van der Waals surface area contributed by atoms with Gasteiger partial charge in [0.05, 0.1) is 23.3 Å².